The largest absolute Gasteiger partial charge is 0.497 e. The lowest BCUT2D eigenvalue weighted by molar-refractivity contribution is -0.117. The van der Waals surface area contributed by atoms with Crippen molar-refractivity contribution in [2.45, 2.75) is 45.2 Å². The zero-order valence-corrected chi connectivity index (χ0v) is 15.9. The molecule has 0 atom stereocenters. The van der Waals surface area contributed by atoms with Crippen LogP contribution in [0.25, 0.3) is 0 Å². The van der Waals surface area contributed by atoms with Crippen molar-refractivity contribution in [3.8, 4) is 5.75 Å². The second-order valence-corrected chi connectivity index (χ2v) is 7.31. The van der Waals surface area contributed by atoms with Crippen molar-refractivity contribution >= 4 is 11.6 Å². The highest BCUT2D eigenvalue weighted by atomic mass is 16.5. The van der Waals surface area contributed by atoms with Crippen molar-refractivity contribution in [3.63, 3.8) is 0 Å². The molecule has 1 aliphatic rings. The predicted molar refractivity (Wildman–Crippen MR) is 106 cm³/mol. The molecule has 4 nitrogen and oxygen atoms in total. The summed E-state index contributed by atoms with van der Waals surface area (Å²) in [7, 11) is 1.63. The van der Waals surface area contributed by atoms with E-state index < -0.39 is 0 Å². The minimum Gasteiger partial charge on any atom is -0.497 e. The van der Waals surface area contributed by atoms with Crippen LogP contribution in [-0.2, 0) is 11.3 Å². The number of benzene rings is 2. The summed E-state index contributed by atoms with van der Waals surface area (Å²) in [5.74, 6) is 1.35. The molecule has 2 aromatic carbocycles. The maximum atomic E-state index is 12.5. The van der Waals surface area contributed by atoms with Gasteiger partial charge in [-0.1, -0.05) is 38.1 Å². The first kappa shape index (κ1) is 18.5. The molecule has 138 valence electrons. The first-order chi connectivity index (χ1) is 12.5. The lowest BCUT2D eigenvalue weighted by Gasteiger charge is -2.22. The topological polar surface area (TPSA) is 41.6 Å². The maximum absolute atomic E-state index is 12.5. The van der Waals surface area contributed by atoms with Crippen LogP contribution in [0.4, 0.5) is 5.69 Å². The quantitative estimate of drug-likeness (QED) is 0.764. The number of anilines is 1. The van der Waals surface area contributed by atoms with E-state index in [0.29, 0.717) is 18.5 Å². The summed E-state index contributed by atoms with van der Waals surface area (Å²) in [6.07, 6.45) is 2.36. The molecule has 0 heterocycles. The van der Waals surface area contributed by atoms with Crippen LogP contribution in [0.15, 0.2) is 48.5 Å². The van der Waals surface area contributed by atoms with Crippen molar-refractivity contribution in [1.29, 1.82) is 0 Å². The number of carbonyl (C=O) groups is 1. The SMILES string of the molecule is COc1ccc(NC(=O)CN(Cc2ccc(C(C)C)cc2)C2CC2)cc1. The maximum Gasteiger partial charge on any atom is 0.238 e. The molecule has 0 spiro atoms. The molecule has 0 unspecified atom stereocenters. The number of hydrogen-bond acceptors (Lipinski definition) is 3. The average molecular weight is 352 g/mol. The number of amides is 1. The highest BCUT2D eigenvalue weighted by Gasteiger charge is 2.30. The lowest BCUT2D eigenvalue weighted by atomic mass is 10.0. The van der Waals surface area contributed by atoms with Crippen LogP contribution in [0.3, 0.4) is 0 Å². The highest BCUT2D eigenvalue weighted by molar-refractivity contribution is 5.92. The number of nitrogens with one attached hydrogen (secondary N) is 1. The smallest absolute Gasteiger partial charge is 0.238 e. The number of rotatable bonds is 8. The highest BCUT2D eigenvalue weighted by Crippen LogP contribution is 2.28. The Hall–Kier alpha value is -2.33. The first-order valence-corrected chi connectivity index (χ1v) is 9.32. The van der Waals surface area contributed by atoms with Gasteiger partial charge in [0.05, 0.1) is 13.7 Å². The summed E-state index contributed by atoms with van der Waals surface area (Å²) in [4.78, 5) is 14.7. The molecular formula is C22H28N2O2. The van der Waals surface area contributed by atoms with Crippen LogP contribution in [-0.4, -0.2) is 30.5 Å². The van der Waals surface area contributed by atoms with E-state index in [1.165, 1.54) is 24.0 Å². The molecule has 0 radical (unpaired) electrons. The van der Waals surface area contributed by atoms with Gasteiger partial charge in [-0.25, -0.2) is 0 Å². The molecule has 0 saturated heterocycles. The Labute approximate surface area is 156 Å². The van der Waals surface area contributed by atoms with Crippen LogP contribution in [0, 0.1) is 0 Å². The van der Waals surface area contributed by atoms with Gasteiger partial charge in [0.15, 0.2) is 0 Å². The lowest BCUT2D eigenvalue weighted by Crippen LogP contribution is -2.34. The molecule has 0 aliphatic heterocycles. The third-order valence-corrected chi connectivity index (χ3v) is 4.82. The Morgan fingerprint density at radius 1 is 1.12 bits per heavy atom. The van der Waals surface area contributed by atoms with E-state index >= 15 is 0 Å². The second kappa shape index (κ2) is 8.37. The van der Waals surface area contributed by atoms with Crippen LogP contribution >= 0.6 is 0 Å². The van der Waals surface area contributed by atoms with Gasteiger partial charge < -0.3 is 10.1 Å². The van der Waals surface area contributed by atoms with Crippen LogP contribution in [0.1, 0.15) is 43.7 Å². The molecule has 0 bridgehead atoms. The van der Waals surface area contributed by atoms with E-state index in [0.717, 1.165) is 18.0 Å². The summed E-state index contributed by atoms with van der Waals surface area (Å²) in [5, 5.41) is 2.98. The van der Waals surface area contributed by atoms with E-state index in [1.54, 1.807) is 7.11 Å². The summed E-state index contributed by atoms with van der Waals surface area (Å²) < 4.78 is 5.15. The predicted octanol–water partition coefficient (Wildman–Crippen LogP) is 4.42. The van der Waals surface area contributed by atoms with Gasteiger partial charge in [0.25, 0.3) is 0 Å². The zero-order chi connectivity index (χ0) is 18.5. The number of ether oxygens (including phenoxy) is 1. The summed E-state index contributed by atoms with van der Waals surface area (Å²) in [6.45, 7) is 5.64. The van der Waals surface area contributed by atoms with E-state index in [9.17, 15) is 4.79 Å². The van der Waals surface area contributed by atoms with E-state index in [1.807, 2.05) is 24.3 Å². The van der Waals surface area contributed by atoms with Crippen molar-refractivity contribution in [2.75, 3.05) is 19.0 Å². The Kier molecular flexibility index (Phi) is 5.94. The zero-order valence-electron chi connectivity index (χ0n) is 15.9. The molecule has 0 aromatic heterocycles. The van der Waals surface area contributed by atoms with Gasteiger partial charge in [0.2, 0.25) is 5.91 Å². The number of methoxy groups -OCH3 is 1. The van der Waals surface area contributed by atoms with Gasteiger partial charge in [-0.3, -0.25) is 9.69 Å². The van der Waals surface area contributed by atoms with Crippen molar-refractivity contribution in [2.24, 2.45) is 0 Å². The summed E-state index contributed by atoms with van der Waals surface area (Å²) in [6, 6.07) is 16.7. The van der Waals surface area contributed by atoms with Gasteiger partial charge in [-0.05, 0) is 54.2 Å². The minimum absolute atomic E-state index is 0.0286. The number of carbonyl (C=O) groups excluding carboxylic acids is 1. The molecule has 26 heavy (non-hydrogen) atoms. The number of nitrogens with zero attached hydrogens (tertiary/aromatic N) is 1. The van der Waals surface area contributed by atoms with Crippen LogP contribution < -0.4 is 10.1 Å². The standard InChI is InChI=1S/C22H28N2O2/c1-16(2)18-6-4-17(5-7-18)14-24(20-10-11-20)15-22(25)23-19-8-12-21(26-3)13-9-19/h4-9,12-13,16,20H,10-11,14-15H2,1-3H3,(H,23,25). The fourth-order valence-electron chi connectivity index (χ4n) is 3.06. The fourth-order valence-corrected chi connectivity index (χ4v) is 3.06. The molecule has 2 aromatic rings. The van der Waals surface area contributed by atoms with E-state index in [4.69, 9.17) is 4.74 Å². The van der Waals surface area contributed by atoms with Gasteiger partial charge in [0, 0.05) is 18.3 Å². The Bertz CT molecular complexity index is 719. The molecule has 1 fully saturated rings. The molecule has 1 N–H and O–H groups in total. The van der Waals surface area contributed by atoms with Gasteiger partial charge in [-0.2, -0.15) is 0 Å². The second-order valence-electron chi connectivity index (χ2n) is 7.31. The third kappa shape index (κ3) is 5.09. The summed E-state index contributed by atoms with van der Waals surface area (Å²) >= 11 is 0. The van der Waals surface area contributed by atoms with Crippen molar-refractivity contribution < 1.29 is 9.53 Å². The molecule has 3 rings (SSSR count). The van der Waals surface area contributed by atoms with Crippen molar-refractivity contribution in [1.82, 2.24) is 4.90 Å². The van der Waals surface area contributed by atoms with Crippen LogP contribution in [0.2, 0.25) is 0 Å². The van der Waals surface area contributed by atoms with E-state index in [2.05, 4.69) is 48.3 Å². The molecule has 1 aliphatic carbocycles. The van der Waals surface area contributed by atoms with Crippen molar-refractivity contribution in [3.05, 3.63) is 59.7 Å². The Balaban J connectivity index is 1.58. The molecular weight excluding hydrogens is 324 g/mol. The third-order valence-electron chi connectivity index (χ3n) is 4.82. The Morgan fingerprint density at radius 2 is 1.77 bits per heavy atom. The van der Waals surface area contributed by atoms with Gasteiger partial charge in [-0.15, -0.1) is 0 Å². The first-order valence-electron chi connectivity index (χ1n) is 9.32. The number of hydrogen-bond donors (Lipinski definition) is 1. The molecule has 1 amide bonds. The minimum atomic E-state index is 0.0286. The Morgan fingerprint density at radius 3 is 2.31 bits per heavy atom. The molecule has 4 heteroatoms. The van der Waals surface area contributed by atoms with Gasteiger partial charge in [0.1, 0.15) is 5.75 Å². The van der Waals surface area contributed by atoms with Crippen LogP contribution in [0.5, 0.6) is 5.75 Å². The molecule has 1 saturated carbocycles. The normalized spacial score (nSPS) is 13.9. The van der Waals surface area contributed by atoms with E-state index in [-0.39, 0.29) is 5.91 Å². The van der Waals surface area contributed by atoms with Gasteiger partial charge >= 0.3 is 0 Å². The monoisotopic (exact) mass is 352 g/mol. The fraction of sp³-hybridized carbons (Fsp3) is 0.409. The average Bonchev–Trinajstić information content (AvgIpc) is 3.47. The summed E-state index contributed by atoms with van der Waals surface area (Å²) in [5.41, 5.74) is 3.41.